The average molecular weight is 353 g/mol. The number of hydrazone groups is 1. The largest absolute Gasteiger partial charge is 0.507 e. The zero-order chi connectivity index (χ0) is 18.9. The predicted octanol–water partition coefficient (Wildman–Crippen LogP) is 3.08. The van der Waals surface area contributed by atoms with E-state index in [1.807, 2.05) is 36.4 Å². The second kappa shape index (κ2) is 9.27. The van der Waals surface area contributed by atoms with Crippen molar-refractivity contribution in [3.05, 3.63) is 66.2 Å². The van der Waals surface area contributed by atoms with E-state index < -0.39 is 6.04 Å². The second-order valence-electron chi connectivity index (χ2n) is 5.65. The van der Waals surface area contributed by atoms with Gasteiger partial charge >= 0.3 is 0 Å². The maximum atomic E-state index is 12.2. The number of methoxy groups -OCH3 is 1. The molecule has 0 radical (unpaired) electrons. The second-order valence-corrected chi connectivity index (χ2v) is 5.65. The molecule has 2 rings (SSSR count). The molecule has 0 aliphatic rings. The number of aromatic hydroxyl groups is 1. The van der Waals surface area contributed by atoms with Crippen LogP contribution in [0, 0.1) is 0 Å². The van der Waals surface area contributed by atoms with Crippen LogP contribution in [-0.2, 0) is 11.2 Å². The Morgan fingerprint density at radius 2 is 2.08 bits per heavy atom. The van der Waals surface area contributed by atoms with Crippen molar-refractivity contribution in [1.82, 2.24) is 5.43 Å². The highest BCUT2D eigenvalue weighted by atomic mass is 16.5. The van der Waals surface area contributed by atoms with Crippen molar-refractivity contribution >= 4 is 17.8 Å². The number of nitrogens with one attached hydrogen (secondary N) is 2. The van der Waals surface area contributed by atoms with Crippen LogP contribution in [0.5, 0.6) is 11.5 Å². The molecule has 0 aliphatic carbocycles. The van der Waals surface area contributed by atoms with E-state index in [0.29, 0.717) is 17.7 Å². The van der Waals surface area contributed by atoms with Crippen molar-refractivity contribution in [2.24, 2.45) is 5.10 Å². The molecule has 2 aromatic rings. The minimum Gasteiger partial charge on any atom is -0.507 e. The number of anilines is 1. The molecule has 0 saturated carbocycles. The van der Waals surface area contributed by atoms with Crippen molar-refractivity contribution in [1.29, 1.82) is 0 Å². The van der Waals surface area contributed by atoms with Gasteiger partial charge in [-0.3, -0.25) is 4.79 Å². The first-order valence-corrected chi connectivity index (χ1v) is 8.21. The van der Waals surface area contributed by atoms with Gasteiger partial charge in [0.25, 0.3) is 5.91 Å². The predicted molar refractivity (Wildman–Crippen MR) is 104 cm³/mol. The van der Waals surface area contributed by atoms with Gasteiger partial charge in [0.1, 0.15) is 17.5 Å². The van der Waals surface area contributed by atoms with Gasteiger partial charge in [-0.05, 0) is 37.1 Å². The SMILES string of the molecule is C=CCc1cccc(C=NNC(=O)C(C)Nc2ccccc2OC)c1O. The molecule has 0 heterocycles. The highest BCUT2D eigenvalue weighted by Gasteiger charge is 2.13. The summed E-state index contributed by atoms with van der Waals surface area (Å²) in [4.78, 5) is 12.2. The molecule has 0 fully saturated rings. The Hall–Kier alpha value is -3.28. The third-order valence-electron chi connectivity index (χ3n) is 3.77. The van der Waals surface area contributed by atoms with Crippen LogP contribution in [0.3, 0.4) is 0 Å². The van der Waals surface area contributed by atoms with Crippen molar-refractivity contribution in [2.75, 3.05) is 12.4 Å². The number of benzene rings is 2. The summed E-state index contributed by atoms with van der Waals surface area (Å²) in [6.07, 6.45) is 3.68. The Kier molecular flexibility index (Phi) is 6.79. The molecule has 0 aromatic heterocycles. The quantitative estimate of drug-likeness (QED) is 0.387. The Bertz CT molecular complexity index is 803. The molecule has 6 heteroatoms. The van der Waals surface area contributed by atoms with Crippen molar-refractivity contribution < 1.29 is 14.6 Å². The fourth-order valence-electron chi connectivity index (χ4n) is 2.36. The van der Waals surface area contributed by atoms with Gasteiger partial charge in [-0.15, -0.1) is 6.58 Å². The van der Waals surface area contributed by atoms with Gasteiger partial charge in [0.2, 0.25) is 0 Å². The van der Waals surface area contributed by atoms with Crippen LogP contribution in [0.15, 0.2) is 60.2 Å². The third-order valence-corrected chi connectivity index (χ3v) is 3.77. The minimum absolute atomic E-state index is 0.130. The number of phenols is 1. The smallest absolute Gasteiger partial charge is 0.262 e. The van der Waals surface area contributed by atoms with Crippen LogP contribution in [-0.4, -0.2) is 30.4 Å². The summed E-state index contributed by atoms with van der Waals surface area (Å²) >= 11 is 0. The Morgan fingerprint density at radius 3 is 2.81 bits per heavy atom. The summed E-state index contributed by atoms with van der Waals surface area (Å²) in [6.45, 7) is 5.38. The highest BCUT2D eigenvalue weighted by Crippen LogP contribution is 2.24. The average Bonchev–Trinajstić information content (AvgIpc) is 2.65. The molecule has 1 atom stereocenters. The van der Waals surface area contributed by atoms with Crippen molar-refractivity contribution in [2.45, 2.75) is 19.4 Å². The molecule has 0 spiro atoms. The lowest BCUT2D eigenvalue weighted by Crippen LogP contribution is -2.35. The molecule has 1 amide bonds. The standard InChI is InChI=1S/C20H23N3O3/c1-4-8-15-9-7-10-16(19(15)24)13-21-23-20(25)14(2)22-17-11-5-6-12-18(17)26-3/h4-7,9-14,22,24H,1,8H2,2-3H3,(H,23,25). The summed E-state index contributed by atoms with van der Waals surface area (Å²) in [5.74, 6) is 0.471. The Labute approximate surface area is 153 Å². The number of carbonyl (C=O) groups excluding carboxylic acids is 1. The van der Waals surface area contributed by atoms with Crippen LogP contribution < -0.4 is 15.5 Å². The number of amides is 1. The molecule has 0 saturated heterocycles. The topological polar surface area (TPSA) is 83.0 Å². The zero-order valence-electron chi connectivity index (χ0n) is 14.9. The monoisotopic (exact) mass is 353 g/mol. The maximum Gasteiger partial charge on any atom is 0.262 e. The van der Waals surface area contributed by atoms with Crippen LogP contribution in [0.25, 0.3) is 0 Å². The van der Waals surface area contributed by atoms with Gasteiger partial charge < -0.3 is 15.2 Å². The van der Waals surface area contributed by atoms with E-state index >= 15 is 0 Å². The molecule has 0 aliphatic heterocycles. The maximum absolute atomic E-state index is 12.2. The summed E-state index contributed by atoms with van der Waals surface area (Å²) in [5, 5.41) is 17.2. The van der Waals surface area contributed by atoms with Crippen LogP contribution in [0.2, 0.25) is 0 Å². The molecule has 3 N–H and O–H groups in total. The lowest BCUT2D eigenvalue weighted by atomic mass is 10.1. The first-order chi connectivity index (χ1) is 12.6. The Morgan fingerprint density at radius 1 is 1.31 bits per heavy atom. The van der Waals surface area contributed by atoms with E-state index in [-0.39, 0.29) is 11.7 Å². The number of para-hydroxylation sites is 3. The summed E-state index contributed by atoms with van der Waals surface area (Å²) in [6, 6.07) is 12.2. The fraction of sp³-hybridized carbons (Fsp3) is 0.200. The normalized spacial score (nSPS) is 11.8. The number of hydrogen-bond acceptors (Lipinski definition) is 5. The molecular formula is C20H23N3O3. The van der Waals surface area contributed by atoms with Gasteiger partial charge in [0, 0.05) is 5.56 Å². The molecular weight excluding hydrogens is 330 g/mol. The summed E-state index contributed by atoms with van der Waals surface area (Å²) in [7, 11) is 1.57. The van der Waals surface area contributed by atoms with E-state index in [1.165, 1.54) is 6.21 Å². The van der Waals surface area contributed by atoms with Gasteiger partial charge in [-0.25, -0.2) is 5.43 Å². The van der Waals surface area contributed by atoms with E-state index in [4.69, 9.17) is 4.74 Å². The lowest BCUT2D eigenvalue weighted by Gasteiger charge is -2.15. The van der Waals surface area contributed by atoms with Gasteiger partial charge in [0.05, 0.1) is 19.0 Å². The number of carbonyl (C=O) groups is 1. The molecule has 136 valence electrons. The van der Waals surface area contributed by atoms with Gasteiger partial charge in [0.15, 0.2) is 0 Å². The summed E-state index contributed by atoms with van der Waals surface area (Å²) < 4.78 is 5.25. The molecule has 0 bridgehead atoms. The van der Waals surface area contributed by atoms with E-state index in [9.17, 15) is 9.90 Å². The number of allylic oxidation sites excluding steroid dienone is 1. The van der Waals surface area contributed by atoms with Crippen molar-refractivity contribution in [3.63, 3.8) is 0 Å². The van der Waals surface area contributed by atoms with E-state index in [2.05, 4.69) is 22.4 Å². The van der Waals surface area contributed by atoms with Gasteiger partial charge in [-0.2, -0.15) is 5.10 Å². The first kappa shape index (κ1) is 19.1. The molecule has 1 unspecified atom stereocenters. The highest BCUT2D eigenvalue weighted by molar-refractivity contribution is 5.88. The minimum atomic E-state index is -0.524. The van der Waals surface area contributed by atoms with Crippen LogP contribution >= 0.6 is 0 Å². The number of rotatable bonds is 8. The first-order valence-electron chi connectivity index (χ1n) is 8.21. The lowest BCUT2D eigenvalue weighted by molar-refractivity contribution is -0.121. The summed E-state index contributed by atoms with van der Waals surface area (Å²) in [5.41, 5.74) is 4.46. The van der Waals surface area contributed by atoms with E-state index in [0.717, 1.165) is 11.3 Å². The Balaban J connectivity index is 1.98. The van der Waals surface area contributed by atoms with E-state index in [1.54, 1.807) is 26.2 Å². The zero-order valence-corrected chi connectivity index (χ0v) is 14.9. The van der Waals surface area contributed by atoms with Crippen LogP contribution in [0.1, 0.15) is 18.1 Å². The van der Waals surface area contributed by atoms with Crippen LogP contribution in [0.4, 0.5) is 5.69 Å². The number of phenolic OH excluding ortho intramolecular Hbond substituents is 1. The molecule has 2 aromatic carbocycles. The van der Waals surface area contributed by atoms with Crippen molar-refractivity contribution in [3.8, 4) is 11.5 Å². The third kappa shape index (κ3) is 4.86. The molecule has 6 nitrogen and oxygen atoms in total. The fourth-order valence-corrected chi connectivity index (χ4v) is 2.36. The number of ether oxygens (including phenoxy) is 1. The number of nitrogens with zero attached hydrogens (tertiary/aromatic N) is 1. The number of hydrogen-bond donors (Lipinski definition) is 3. The molecule has 26 heavy (non-hydrogen) atoms. The van der Waals surface area contributed by atoms with Gasteiger partial charge in [-0.1, -0.05) is 30.3 Å².